The van der Waals surface area contributed by atoms with Crippen molar-refractivity contribution < 1.29 is 4.74 Å². The van der Waals surface area contributed by atoms with Crippen LogP contribution in [0.1, 0.15) is 30.5 Å². The van der Waals surface area contributed by atoms with Crippen LogP contribution in [0.5, 0.6) is 0 Å². The maximum Gasteiger partial charge on any atom is 0.0687 e. The summed E-state index contributed by atoms with van der Waals surface area (Å²) in [5.41, 5.74) is 6.93. The molecule has 2 atom stereocenters. The molecule has 0 N–H and O–H groups in total. The highest BCUT2D eigenvalue weighted by atomic mass is 32.2. The Morgan fingerprint density at radius 3 is 2.12 bits per heavy atom. The van der Waals surface area contributed by atoms with Crippen LogP contribution in [0, 0.1) is 0 Å². The molecule has 4 heteroatoms. The maximum absolute atomic E-state index is 5.85. The molecular weight excluding hydrogens is 412 g/mol. The van der Waals surface area contributed by atoms with E-state index in [1.165, 1.54) is 32.7 Å². The van der Waals surface area contributed by atoms with Crippen molar-refractivity contribution in [3.05, 3.63) is 89.5 Å². The van der Waals surface area contributed by atoms with Gasteiger partial charge in [-0.3, -0.25) is 4.90 Å². The molecule has 0 aliphatic carbocycles. The van der Waals surface area contributed by atoms with Crippen molar-refractivity contribution in [1.29, 1.82) is 0 Å². The third-order valence-corrected chi connectivity index (χ3v) is 7.42. The molecule has 3 aromatic rings. The highest BCUT2D eigenvalue weighted by Gasteiger charge is 2.23. The van der Waals surface area contributed by atoms with E-state index in [-0.39, 0.29) is 0 Å². The van der Waals surface area contributed by atoms with E-state index in [0.29, 0.717) is 12.2 Å². The minimum absolute atomic E-state index is 0.295. The zero-order valence-electron chi connectivity index (χ0n) is 19.0. The van der Waals surface area contributed by atoms with Gasteiger partial charge in [-0.2, -0.15) is 0 Å². The van der Waals surface area contributed by atoms with Gasteiger partial charge in [-0.05, 0) is 72.2 Å². The monoisotopic (exact) mass is 444 g/mol. The topological polar surface area (TPSA) is 15.7 Å². The van der Waals surface area contributed by atoms with E-state index in [2.05, 4.69) is 95.8 Å². The van der Waals surface area contributed by atoms with Crippen LogP contribution < -0.4 is 0 Å². The van der Waals surface area contributed by atoms with Gasteiger partial charge in [-0.25, -0.2) is 4.31 Å². The first-order chi connectivity index (χ1) is 15.6. The fraction of sp³-hybridized carbons (Fsp3) is 0.357. The summed E-state index contributed by atoms with van der Waals surface area (Å²) in [6.07, 6.45) is 1.74. The van der Waals surface area contributed by atoms with Gasteiger partial charge in [-0.15, -0.1) is 0 Å². The lowest BCUT2D eigenvalue weighted by molar-refractivity contribution is -0.0414. The minimum Gasteiger partial charge on any atom is -0.373 e. The van der Waals surface area contributed by atoms with Crippen molar-refractivity contribution in [1.82, 2.24) is 9.21 Å². The smallest absolute Gasteiger partial charge is 0.0687 e. The fourth-order valence-electron chi connectivity index (χ4n) is 4.81. The normalized spacial score (nSPS) is 21.9. The number of ether oxygens (including phenoxy) is 1. The number of hydrogen-bond acceptors (Lipinski definition) is 4. The van der Waals surface area contributed by atoms with Crippen molar-refractivity contribution in [2.45, 2.75) is 50.5 Å². The van der Waals surface area contributed by atoms with Crippen LogP contribution in [0.3, 0.4) is 0 Å². The predicted molar refractivity (Wildman–Crippen MR) is 134 cm³/mol. The molecule has 166 valence electrons. The van der Waals surface area contributed by atoms with Gasteiger partial charge < -0.3 is 4.74 Å². The van der Waals surface area contributed by atoms with Gasteiger partial charge in [0.05, 0.1) is 12.2 Å². The largest absolute Gasteiger partial charge is 0.373 e. The Labute approximate surface area is 196 Å². The van der Waals surface area contributed by atoms with Crippen molar-refractivity contribution >= 4 is 11.9 Å². The Hall–Kier alpha value is -2.11. The molecule has 0 aromatic heterocycles. The van der Waals surface area contributed by atoms with Gasteiger partial charge in [0, 0.05) is 37.6 Å². The minimum atomic E-state index is 0.295. The van der Waals surface area contributed by atoms with Crippen LogP contribution in [0.2, 0.25) is 0 Å². The highest BCUT2D eigenvalue weighted by Crippen LogP contribution is 2.29. The molecule has 1 fully saturated rings. The lowest BCUT2D eigenvalue weighted by Gasteiger charge is -2.34. The first-order valence-corrected chi connectivity index (χ1v) is 12.5. The van der Waals surface area contributed by atoms with Crippen molar-refractivity contribution in [2.24, 2.45) is 0 Å². The van der Waals surface area contributed by atoms with E-state index in [1.807, 2.05) is 11.9 Å². The van der Waals surface area contributed by atoms with Crippen LogP contribution in [-0.4, -0.2) is 41.0 Å². The summed E-state index contributed by atoms with van der Waals surface area (Å²) >= 11 is 1.84. The van der Waals surface area contributed by atoms with Gasteiger partial charge in [0.1, 0.15) is 0 Å². The molecule has 0 radical (unpaired) electrons. The molecule has 0 amide bonds. The number of benzene rings is 3. The summed E-state index contributed by atoms with van der Waals surface area (Å²) in [5.74, 6) is 0. The highest BCUT2D eigenvalue weighted by molar-refractivity contribution is 7.97. The van der Waals surface area contributed by atoms with Gasteiger partial charge in [-0.1, -0.05) is 60.7 Å². The average Bonchev–Trinajstić information content (AvgIpc) is 2.79. The fourth-order valence-corrected chi connectivity index (χ4v) is 5.94. The molecular formula is C28H32N2OS. The van der Waals surface area contributed by atoms with Gasteiger partial charge >= 0.3 is 0 Å². The van der Waals surface area contributed by atoms with Gasteiger partial charge in [0.15, 0.2) is 0 Å². The zero-order chi connectivity index (χ0) is 21.9. The third kappa shape index (κ3) is 5.26. The van der Waals surface area contributed by atoms with Crippen LogP contribution >= 0.6 is 11.9 Å². The predicted octanol–water partition coefficient (Wildman–Crippen LogP) is 6.03. The summed E-state index contributed by atoms with van der Waals surface area (Å²) in [6.45, 7) is 9.46. The zero-order valence-corrected chi connectivity index (χ0v) is 19.9. The molecule has 0 saturated carbocycles. The lowest BCUT2D eigenvalue weighted by atomic mass is 9.99. The van der Waals surface area contributed by atoms with E-state index in [9.17, 15) is 0 Å². The molecule has 5 rings (SSSR count). The molecule has 32 heavy (non-hydrogen) atoms. The summed E-state index contributed by atoms with van der Waals surface area (Å²) < 4.78 is 8.26. The third-order valence-electron chi connectivity index (χ3n) is 6.38. The number of hydrogen-bond donors (Lipinski definition) is 0. The molecule has 2 aliphatic heterocycles. The molecule has 3 aromatic carbocycles. The van der Waals surface area contributed by atoms with Crippen LogP contribution in [-0.2, 0) is 24.2 Å². The van der Waals surface area contributed by atoms with Crippen molar-refractivity contribution in [3.63, 3.8) is 0 Å². The Bertz CT molecular complexity index is 1020. The first kappa shape index (κ1) is 21.7. The molecule has 0 bridgehead atoms. The summed E-state index contributed by atoms with van der Waals surface area (Å²) in [4.78, 5) is 3.84. The van der Waals surface area contributed by atoms with Crippen LogP contribution in [0.15, 0.2) is 77.7 Å². The van der Waals surface area contributed by atoms with Crippen molar-refractivity contribution in [3.8, 4) is 11.1 Å². The van der Waals surface area contributed by atoms with E-state index in [1.54, 1.807) is 0 Å². The molecule has 1 saturated heterocycles. The van der Waals surface area contributed by atoms with E-state index in [4.69, 9.17) is 4.74 Å². The Balaban J connectivity index is 1.19. The van der Waals surface area contributed by atoms with Crippen LogP contribution in [0.4, 0.5) is 0 Å². The molecule has 2 heterocycles. The Morgan fingerprint density at radius 2 is 1.44 bits per heavy atom. The SMILES string of the molecule is CC1CN(Sc2ccc(-c3ccc(CN4CCc5ccccc5C4)cc3)cc2)CC(C)O1. The average molecular weight is 445 g/mol. The summed E-state index contributed by atoms with van der Waals surface area (Å²) in [7, 11) is 0. The molecule has 3 nitrogen and oxygen atoms in total. The standard InChI is InChI=1S/C28H32N2OS/c1-21-17-30(18-22(2)31-21)32-28-13-11-26(12-14-28)25-9-7-23(8-10-25)19-29-16-15-24-5-3-4-6-27(24)20-29/h3-14,21-22H,15-20H2,1-2H3. The second-order valence-electron chi connectivity index (χ2n) is 9.15. The lowest BCUT2D eigenvalue weighted by Crippen LogP contribution is -2.41. The number of nitrogens with zero attached hydrogens (tertiary/aromatic N) is 2. The van der Waals surface area contributed by atoms with E-state index >= 15 is 0 Å². The second-order valence-corrected chi connectivity index (χ2v) is 10.3. The number of rotatable bonds is 5. The second kappa shape index (κ2) is 9.80. The summed E-state index contributed by atoms with van der Waals surface area (Å²) in [6, 6.07) is 26.9. The van der Waals surface area contributed by atoms with E-state index < -0.39 is 0 Å². The molecule has 2 unspecified atom stereocenters. The first-order valence-electron chi connectivity index (χ1n) is 11.7. The molecule has 2 aliphatic rings. The molecule has 0 spiro atoms. The van der Waals surface area contributed by atoms with Crippen LogP contribution in [0.25, 0.3) is 11.1 Å². The Morgan fingerprint density at radius 1 is 0.812 bits per heavy atom. The summed E-state index contributed by atoms with van der Waals surface area (Å²) in [5, 5.41) is 0. The number of fused-ring (bicyclic) bond motifs is 1. The van der Waals surface area contributed by atoms with Gasteiger partial charge in [0.2, 0.25) is 0 Å². The Kier molecular flexibility index (Phi) is 6.65. The van der Waals surface area contributed by atoms with Gasteiger partial charge in [0.25, 0.3) is 0 Å². The maximum atomic E-state index is 5.85. The van der Waals surface area contributed by atoms with E-state index in [0.717, 1.165) is 39.1 Å². The quantitative estimate of drug-likeness (QED) is 0.446. The number of morpholine rings is 1. The van der Waals surface area contributed by atoms with Crippen molar-refractivity contribution in [2.75, 3.05) is 19.6 Å².